The summed E-state index contributed by atoms with van der Waals surface area (Å²) >= 11 is 0. The predicted octanol–water partition coefficient (Wildman–Crippen LogP) is 0.608. The average molecular weight is 220 g/mol. The Hall–Kier alpha value is -1.62. The van der Waals surface area contributed by atoms with Crippen molar-refractivity contribution >= 4 is 12.0 Å². The van der Waals surface area contributed by atoms with E-state index >= 15 is 0 Å². The van der Waals surface area contributed by atoms with Gasteiger partial charge in [0.15, 0.2) is 0 Å². The first kappa shape index (κ1) is 10.9. The number of hydrogen-bond acceptors (Lipinski definition) is 5. The third-order valence-electron chi connectivity index (χ3n) is 2.77. The monoisotopic (exact) mass is 220 g/mol. The number of nitrogens with zero attached hydrogens (tertiary/aromatic N) is 3. The van der Waals surface area contributed by atoms with E-state index in [1.165, 1.54) is 6.21 Å². The maximum Gasteiger partial charge on any atom is 0.128 e. The first-order valence-corrected chi connectivity index (χ1v) is 5.41. The number of aromatic nitrogens is 1. The van der Waals surface area contributed by atoms with Crippen molar-refractivity contribution < 1.29 is 5.21 Å². The second kappa shape index (κ2) is 4.94. The number of hydrogen-bond donors (Lipinski definition) is 2. The third kappa shape index (κ3) is 2.30. The van der Waals surface area contributed by atoms with Gasteiger partial charge >= 0.3 is 0 Å². The van der Waals surface area contributed by atoms with Crippen molar-refractivity contribution in [1.29, 1.82) is 0 Å². The molecule has 0 aromatic carbocycles. The molecule has 5 nitrogen and oxygen atoms in total. The van der Waals surface area contributed by atoms with Crippen LogP contribution >= 0.6 is 0 Å². The average Bonchev–Trinajstić information content (AvgIpc) is 2.33. The number of pyridine rings is 1. The summed E-state index contributed by atoms with van der Waals surface area (Å²) in [6, 6.07) is 2.03. The standard InChI is InChI=1S/C11H16N4O/c1-9-6-11(13-7-10(9)8-14-16)15-4-2-12-3-5-15/h6-8,12,16H,2-5H2,1H3. The van der Waals surface area contributed by atoms with Crippen molar-refractivity contribution in [1.82, 2.24) is 10.3 Å². The van der Waals surface area contributed by atoms with Crippen LogP contribution in [0.15, 0.2) is 17.4 Å². The number of aryl methyl sites for hydroxylation is 1. The molecule has 0 spiro atoms. The Morgan fingerprint density at radius 2 is 2.25 bits per heavy atom. The van der Waals surface area contributed by atoms with Crippen LogP contribution in [-0.2, 0) is 0 Å². The van der Waals surface area contributed by atoms with E-state index in [0.717, 1.165) is 43.1 Å². The zero-order valence-corrected chi connectivity index (χ0v) is 9.35. The highest BCUT2D eigenvalue weighted by Crippen LogP contribution is 2.15. The Morgan fingerprint density at radius 1 is 1.50 bits per heavy atom. The highest BCUT2D eigenvalue weighted by molar-refractivity contribution is 5.81. The van der Waals surface area contributed by atoms with Crippen LogP contribution in [-0.4, -0.2) is 42.6 Å². The van der Waals surface area contributed by atoms with Crippen LogP contribution in [0.2, 0.25) is 0 Å². The first-order chi connectivity index (χ1) is 7.81. The van der Waals surface area contributed by atoms with Crippen LogP contribution in [0.5, 0.6) is 0 Å². The molecule has 0 atom stereocenters. The first-order valence-electron chi connectivity index (χ1n) is 5.41. The molecule has 1 aromatic heterocycles. The lowest BCUT2D eigenvalue weighted by atomic mass is 10.1. The summed E-state index contributed by atoms with van der Waals surface area (Å²) in [4.78, 5) is 6.63. The van der Waals surface area contributed by atoms with E-state index in [2.05, 4.69) is 20.4 Å². The third-order valence-corrected chi connectivity index (χ3v) is 2.77. The van der Waals surface area contributed by atoms with Gasteiger partial charge in [-0.1, -0.05) is 5.16 Å². The number of anilines is 1. The Labute approximate surface area is 94.8 Å². The van der Waals surface area contributed by atoms with Gasteiger partial charge in [-0.25, -0.2) is 4.98 Å². The molecule has 2 heterocycles. The van der Waals surface area contributed by atoms with Gasteiger partial charge in [-0.3, -0.25) is 0 Å². The zero-order valence-electron chi connectivity index (χ0n) is 9.35. The highest BCUT2D eigenvalue weighted by Gasteiger charge is 2.12. The topological polar surface area (TPSA) is 60.8 Å². The van der Waals surface area contributed by atoms with Gasteiger partial charge in [-0.05, 0) is 18.6 Å². The quantitative estimate of drug-likeness (QED) is 0.435. The fourth-order valence-corrected chi connectivity index (χ4v) is 1.82. The van der Waals surface area contributed by atoms with E-state index < -0.39 is 0 Å². The van der Waals surface area contributed by atoms with E-state index in [4.69, 9.17) is 5.21 Å². The lowest BCUT2D eigenvalue weighted by molar-refractivity contribution is 0.322. The van der Waals surface area contributed by atoms with Gasteiger partial charge in [0, 0.05) is 37.9 Å². The minimum atomic E-state index is 0.849. The summed E-state index contributed by atoms with van der Waals surface area (Å²) in [6.45, 7) is 5.96. The van der Waals surface area contributed by atoms with Crippen molar-refractivity contribution in [3.63, 3.8) is 0 Å². The molecule has 0 aliphatic carbocycles. The molecule has 1 aliphatic heterocycles. The second-order valence-corrected chi connectivity index (χ2v) is 3.88. The summed E-state index contributed by atoms with van der Waals surface area (Å²) in [5, 5.41) is 14.8. The molecule has 0 unspecified atom stereocenters. The number of nitrogens with one attached hydrogen (secondary N) is 1. The van der Waals surface area contributed by atoms with Crippen LogP contribution in [0, 0.1) is 6.92 Å². The van der Waals surface area contributed by atoms with E-state index in [-0.39, 0.29) is 0 Å². The SMILES string of the molecule is Cc1cc(N2CCNCC2)ncc1C=NO. The molecule has 1 fully saturated rings. The summed E-state index contributed by atoms with van der Waals surface area (Å²) in [7, 11) is 0. The number of rotatable bonds is 2. The fraction of sp³-hybridized carbons (Fsp3) is 0.455. The van der Waals surface area contributed by atoms with Gasteiger partial charge in [0.2, 0.25) is 0 Å². The van der Waals surface area contributed by atoms with Crippen LogP contribution in [0.4, 0.5) is 5.82 Å². The molecule has 0 bridgehead atoms. The Morgan fingerprint density at radius 3 is 2.88 bits per heavy atom. The summed E-state index contributed by atoms with van der Waals surface area (Å²) in [5.74, 6) is 0.995. The molecule has 86 valence electrons. The normalized spacial score (nSPS) is 16.9. The fourth-order valence-electron chi connectivity index (χ4n) is 1.82. The zero-order chi connectivity index (χ0) is 11.4. The van der Waals surface area contributed by atoms with Gasteiger partial charge in [0.25, 0.3) is 0 Å². The van der Waals surface area contributed by atoms with Crippen molar-refractivity contribution in [2.45, 2.75) is 6.92 Å². The van der Waals surface area contributed by atoms with Gasteiger partial charge < -0.3 is 15.4 Å². The number of oxime groups is 1. The van der Waals surface area contributed by atoms with Crippen molar-refractivity contribution in [3.05, 3.63) is 23.4 Å². The maximum absolute atomic E-state index is 8.49. The lowest BCUT2D eigenvalue weighted by Gasteiger charge is -2.28. The second-order valence-electron chi connectivity index (χ2n) is 3.88. The lowest BCUT2D eigenvalue weighted by Crippen LogP contribution is -2.43. The Kier molecular flexibility index (Phi) is 3.36. The van der Waals surface area contributed by atoms with Crippen LogP contribution in [0.3, 0.4) is 0 Å². The molecular formula is C11H16N4O. The summed E-state index contributed by atoms with van der Waals surface area (Å²) < 4.78 is 0. The van der Waals surface area contributed by atoms with Gasteiger partial charge in [-0.15, -0.1) is 0 Å². The molecule has 0 amide bonds. The molecule has 5 heteroatoms. The minimum Gasteiger partial charge on any atom is -0.411 e. The van der Waals surface area contributed by atoms with Gasteiger partial charge in [0.05, 0.1) is 6.21 Å². The van der Waals surface area contributed by atoms with Crippen molar-refractivity contribution in [2.75, 3.05) is 31.1 Å². The molecule has 2 rings (SSSR count). The molecular weight excluding hydrogens is 204 g/mol. The maximum atomic E-state index is 8.49. The molecule has 1 aliphatic rings. The Bertz CT molecular complexity index is 386. The van der Waals surface area contributed by atoms with E-state index in [0.29, 0.717) is 0 Å². The molecule has 2 N–H and O–H groups in total. The van der Waals surface area contributed by atoms with E-state index in [1.54, 1.807) is 6.20 Å². The molecule has 16 heavy (non-hydrogen) atoms. The van der Waals surface area contributed by atoms with E-state index in [1.807, 2.05) is 13.0 Å². The number of piperazine rings is 1. The molecule has 0 saturated carbocycles. The Balaban J connectivity index is 2.19. The largest absolute Gasteiger partial charge is 0.411 e. The predicted molar refractivity (Wildman–Crippen MR) is 63.4 cm³/mol. The molecule has 0 radical (unpaired) electrons. The molecule has 1 saturated heterocycles. The highest BCUT2D eigenvalue weighted by atomic mass is 16.4. The van der Waals surface area contributed by atoms with Crippen LogP contribution < -0.4 is 10.2 Å². The smallest absolute Gasteiger partial charge is 0.128 e. The molecule has 1 aromatic rings. The van der Waals surface area contributed by atoms with Crippen molar-refractivity contribution in [2.24, 2.45) is 5.16 Å². The van der Waals surface area contributed by atoms with Crippen molar-refractivity contribution in [3.8, 4) is 0 Å². The van der Waals surface area contributed by atoms with Gasteiger partial charge in [0.1, 0.15) is 5.82 Å². The van der Waals surface area contributed by atoms with Crippen LogP contribution in [0.25, 0.3) is 0 Å². The summed E-state index contributed by atoms with van der Waals surface area (Å²) in [6.07, 6.45) is 3.15. The van der Waals surface area contributed by atoms with Crippen LogP contribution in [0.1, 0.15) is 11.1 Å². The van der Waals surface area contributed by atoms with Gasteiger partial charge in [-0.2, -0.15) is 0 Å². The summed E-state index contributed by atoms with van der Waals surface area (Å²) in [5.41, 5.74) is 1.92. The minimum absolute atomic E-state index is 0.849. The van der Waals surface area contributed by atoms with E-state index in [9.17, 15) is 0 Å².